The van der Waals surface area contributed by atoms with E-state index in [4.69, 9.17) is 21.1 Å². The number of carbonyl (C=O) groups is 1. The van der Waals surface area contributed by atoms with Crippen LogP contribution in [0.15, 0.2) is 65.8 Å². The van der Waals surface area contributed by atoms with Gasteiger partial charge in [-0.1, -0.05) is 29.8 Å². The van der Waals surface area contributed by atoms with Crippen LogP contribution < -0.4 is 14.9 Å². The molecule has 10 heteroatoms. The van der Waals surface area contributed by atoms with Crippen LogP contribution in [0.4, 0.5) is 5.69 Å². The predicted molar refractivity (Wildman–Crippen MR) is 134 cm³/mol. The van der Waals surface area contributed by atoms with Gasteiger partial charge in [-0.25, -0.2) is 5.43 Å². The molecule has 0 saturated heterocycles. The number of hydrogen-bond donors (Lipinski definition) is 1. The van der Waals surface area contributed by atoms with Crippen LogP contribution in [0.1, 0.15) is 28.4 Å². The summed E-state index contributed by atoms with van der Waals surface area (Å²) < 4.78 is 12.5. The first-order valence-electron chi connectivity index (χ1n) is 9.79. The van der Waals surface area contributed by atoms with E-state index in [1.807, 2.05) is 31.2 Å². The van der Waals surface area contributed by atoms with E-state index in [1.165, 1.54) is 30.5 Å². The molecule has 0 aromatic heterocycles. The molecule has 0 spiro atoms. The minimum Gasteiger partial charge on any atom is -0.490 e. The Kier molecular flexibility index (Phi) is 8.61. The Morgan fingerprint density at radius 1 is 1.18 bits per heavy atom. The van der Waals surface area contributed by atoms with Crippen LogP contribution in [0.25, 0.3) is 0 Å². The van der Waals surface area contributed by atoms with Crippen LogP contribution in [0.3, 0.4) is 0 Å². The third kappa shape index (κ3) is 6.65. The first-order valence-corrected chi connectivity index (χ1v) is 11.2. The normalized spacial score (nSPS) is 10.8. The standard InChI is InChI=1S/C23H19ClIN3O5/c1-2-32-21-12-15(11-20(25)22(21)33-14-17-5-3-4-6-19(17)24)13-26-27-23(29)16-7-9-18(10-8-16)28(30)31/h3-13H,2,14H2,1H3,(H,27,29)/b26-13+. The van der Waals surface area contributed by atoms with Crippen LogP contribution in [0.2, 0.25) is 5.02 Å². The van der Waals surface area contributed by atoms with Crippen molar-refractivity contribution in [3.8, 4) is 11.5 Å². The molecule has 3 aromatic carbocycles. The molecule has 0 aliphatic rings. The molecule has 3 aromatic rings. The number of amides is 1. The molecule has 170 valence electrons. The predicted octanol–water partition coefficient (Wildman–Crippen LogP) is 5.59. The molecule has 0 atom stereocenters. The highest BCUT2D eigenvalue weighted by molar-refractivity contribution is 14.1. The number of halogens is 2. The van der Waals surface area contributed by atoms with E-state index in [-0.39, 0.29) is 17.9 Å². The lowest BCUT2D eigenvalue weighted by Gasteiger charge is -2.15. The number of hydrogen-bond acceptors (Lipinski definition) is 6. The molecule has 8 nitrogen and oxygen atoms in total. The van der Waals surface area contributed by atoms with E-state index in [9.17, 15) is 14.9 Å². The fourth-order valence-corrected chi connectivity index (χ4v) is 3.77. The SMILES string of the molecule is CCOc1cc(/C=N/NC(=O)c2ccc([N+](=O)[O-])cc2)cc(I)c1OCc1ccccc1Cl. The minimum atomic E-state index is -0.529. The van der Waals surface area contributed by atoms with Crippen molar-refractivity contribution in [1.82, 2.24) is 5.43 Å². The summed E-state index contributed by atoms with van der Waals surface area (Å²) in [6.45, 7) is 2.60. The van der Waals surface area contributed by atoms with Gasteiger partial charge in [0.15, 0.2) is 11.5 Å². The summed E-state index contributed by atoms with van der Waals surface area (Å²) in [5.41, 5.74) is 4.12. The Bertz CT molecular complexity index is 1190. The molecule has 3 rings (SSSR count). The van der Waals surface area contributed by atoms with Crippen molar-refractivity contribution in [2.24, 2.45) is 5.10 Å². The zero-order valence-corrected chi connectivity index (χ0v) is 20.4. The molecule has 0 radical (unpaired) electrons. The molecule has 0 heterocycles. The molecule has 1 amide bonds. The Morgan fingerprint density at radius 2 is 1.91 bits per heavy atom. The fourth-order valence-electron chi connectivity index (χ4n) is 2.80. The van der Waals surface area contributed by atoms with Crippen LogP contribution in [0.5, 0.6) is 11.5 Å². The Morgan fingerprint density at radius 3 is 2.58 bits per heavy atom. The molecule has 0 saturated carbocycles. The number of nitro benzene ring substituents is 1. The molecular weight excluding hydrogens is 561 g/mol. The van der Waals surface area contributed by atoms with E-state index < -0.39 is 10.8 Å². The van der Waals surface area contributed by atoms with Gasteiger partial charge in [-0.3, -0.25) is 14.9 Å². The minimum absolute atomic E-state index is 0.0927. The second-order valence-electron chi connectivity index (χ2n) is 6.65. The Labute approximate surface area is 208 Å². The number of nitro groups is 1. The first-order chi connectivity index (χ1) is 15.9. The molecule has 0 fully saturated rings. The number of nitrogens with zero attached hydrogens (tertiary/aromatic N) is 2. The van der Waals surface area contributed by atoms with Crippen LogP contribution in [-0.4, -0.2) is 23.7 Å². The molecular formula is C23H19ClIN3O5. The van der Waals surface area contributed by atoms with Crippen molar-refractivity contribution in [2.45, 2.75) is 13.5 Å². The monoisotopic (exact) mass is 579 g/mol. The second kappa shape index (κ2) is 11.6. The third-order valence-electron chi connectivity index (χ3n) is 4.38. The summed E-state index contributed by atoms with van der Waals surface area (Å²) in [5, 5.41) is 15.3. The quantitative estimate of drug-likeness (QED) is 0.154. The third-order valence-corrected chi connectivity index (χ3v) is 5.55. The van der Waals surface area contributed by atoms with Gasteiger partial charge in [0.1, 0.15) is 6.61 Å². The van der Waals surface area contributed by atoms with Crippen molar-refractivity contribution in [2.75, 3.05) is 6.61 Å². The highest BCUT2D eigenvalue weighted by atomic mass is 127. The van der Waals surface area contributed by atoms with Gasteiger partial charge < -0.3 is 9.47 Å². The molecule has 0 bridgehead atoms. The molecule has 0 aliphatic carbocycles. The Hall–Kier alpha value is -3.18. The van der Waals surface area contributed by atoms with Crippen LogP contribution >= 0.6 is 34.2 Å². The lowest BCUT2D eigenvalue weighted by atomic mass is 10.2. The van der Waals surface area contributed by atoms with Crippen molar-refractivity contribution in [3.05, 3.63) is 96.1 Å². The van der Waals surface area contributed by atoms with E-state index in [0.717, 1.165) is 9.13 Å². The average Bonchev–Trinajstić information content (AvgIpc) is 2.80. The van der Waals surface area contributed by atoms with Crippen LogP contribution in [-0.2, 0) is 6.61 Å². The largest absolute Gasteiger partial charge is 0.490 e. The van der Waals surface area contributed by atoms with Gasteiger partial charge in [-0.2, -0.15) is 5.10 Å². The van der Waals surface area contributed by atoms with Gasteiger partial charge in [0.2, 0.25) is 0 Å². The van der Waals surface area contributed by atoms with E-state index >= 15 is 0 Å². The van der Waals surface area contributed by atoms with Crippen molar-refractivity contribution in [3.63, 3.8) is 0 Å². The molecule has 1 N–H and O–H groups in total. The Balaban J connectivity index is 1.71. The number of hydrazone groups is 1. The average molecular weight is 580 g/mol. The van der Waals surface area contributed by atoms with Gasteiger partial charge in [0.05, 0.1) is 21.3 Å². The van der Waals surface area contributed by atoms with Crippen LogP contribution in [0, 0.1) is 13.7 Å². The highest BCUT2D eigenvalue weighted by Crippen LogP contribution is 2.35. The maximum Gasteiger partial charge on any atom is 0.271 e. The van der Waals surface area contributed by atoms with Gasteiger partial charge in [-0.15, -0.1) is 0 Å². The topological polar surface area (TPSA) is 103 Å². The van der Waals surface area contributed by atoms with E-state index in [0.29, 0.717) is 28.7 Å². The maximum atomic E-state index is 12.2. The van der Waals surface area contributed by atoms with Crippen molar-refractivity contribution < 1.29 is 19.2 Å². The maximum absolute atomic E-state index is 12.2. The smallest absolute Gasteiger partial charge is 0.271 e. The number of ether oxygens (including phenoxy) is 2. The summed E-state index contributed by atoms with van der Waals surface area (Å²) in [6.07, 6.45) is 1.48. The van der Waals surface area contributed by atoms with Gasteiger partial charge >= 0.3 is 0 Å². The lowest BCUT2D eigenvalue weighted by molar-refractivity contribution is -0.384. The highest BCUT2D eigenvalue weighted by Gasteiger charge is 2.13. The summed E-state index contributed by atoms with van der Waals surface area (Å²) in [7, 11) is 0. The summed E-state index contributed by atoms with van der Waals surface area (Å²) in [4.78, 5) is 22.4. The van der Waals surface area contributed by atoms with Gasteiger partial charge in [0, 0.05) is 28.3 Å². The molecule has 0 aliphatic heterocycles. The van der Waals surface area contributed by atoms with Crippen molar-refractivity contribution in [1.29, 1.82) is 0 Å². The fraction of sp³-hybridized carbons (Fsp3) is 0.130. The van der Waals surface area contributed by atoms with E-state index in [2.05, 4.69) is 33.1 Å². The lowest BCUT2D eigenvalue weighted by Crippen LogP contribution is -2.17. The number of non-ortho nitro benzene ring substituents is 1. The van der Waals surface area contributed by atoms with Gasteiger partial charge in [0.25, 0.3) is 11.6 Å². The second-order valence-corrected chi connectivity index (χ2v) is 8.22. The number of benzene rings is 3. The number of rotatable bonds is 9. The number of nitrogens with one attached hydrogen (secondary N) is 1. The van der Waals surface area contributed by atoms with Crippen molar-refractivity contribution >= 4 is 52.0 Å². The zero-order chi connectivity index (χ0) is 23.8. The molecule has 0 unspecified atom stereocenters. The summed E-state index contributed by atoms with van der Waals surface area (Å²) in [5.74, 6) is 0.643. The first kappa shape index (κ1) is 24.5. The summed E-state index contributed by atoms with van der Waals surface area (Å²) in [6, 6.07) is 16.3. The number of carbonyl (C=O) groups excluding carboxylic acids is 1. The van der Waals surface area contributed by atoms with E-state index in [1.54, 1.807) is 12.1 Å². The summed E-state index contributed by atoms with van der Waals surface area (Å²) >= 11 is 8.35. The molecule has 33 heavy (non-hydrogen) atoms. The zero-order valence-electron chi connectivity index (χ0n) is 17.5. The van der Waals surface area contributed by atoms with Gasteiger partial charge in [-0.05, 0) is 65.4 Å².